The van der Waals surface area contributed by atoms with E-state index in [9.17, 15) is 14.4 Å². The summed E-state index contributed by atoms with van der Waals surface area (Å²) < 4.78 is 5.21. The quantitative estimate of drug-likeness (QED) is 0.672. The Labute approximate surface area is 122 Å². The number of amides is 2. The van der Waals surface area contributed by atoms with Crippen molar-refractivity contribution >= 4 is 17.8 Å². The van der Waals surface area contributed by atoms with Gasteiger partial charge in [0.1, 0.15) is 11.8 Å². The van der Waals surface area contributed by atoms with Gasteiger partial charge in [0.15, 0.2) is 6.61 Å². The van der Waals surface area contributed by atoms with Crippen LogP contribution in [-0.4, -0.2) is 35.5 Å². The summed E-state index contributed by atoms with van der Waals surface area (Å²) in [7, 11) is 0. The number of carboxylic acids is 1. The topological polar surface area (TPSA) is 119 Å². The molecule has 0 aromatic heterocycles. The molecule has 1 atom stereocenters. The van der Waals surface area contributed by atoms with Crippen molar-refractivity contribution in [1.82, 2.24) is 5.32 Å². The molecule has 4 N–H and O–H groups in total. The SMILES string of the molecule is CC(C)[C@H](NC(=O)COc1ccc(C(N)=O)cc1)C(=O)O. The number of nitrogens with one attached hydrogen (secondary N) is 1. The normalized spacial score (nSPS) is 11.8. The monoisotopic (exact) mass is 294 g/mol. The number of carboxylic acid groups (broad SMARTS) is 1. The zero-order chi connectivity index (χ0) is 16.0. The third-order valence-electron chi connectivity index (χ3n) is 2.76. The first kappa shape index (κ1) is 16.5. The summed E-state index contributed by atoms with van der Waals surface area (Å²) in [4.78, 5) is 33.5. The fourth-order valence-electron chi connectivity index (χ4n) is 1.59. The summed E-state index contributed by atoms with van der Waals surface area (Å²) in [6.07, 6.45) is 0. The molecule has 114 valence electrons. The third-order valence-corrected chi connectivity index (χ3v) is 2.76. The van der Waals surface area contributed by atoms with Crippen molar-refractivity contribution in [2.24, 2.45) is 11.7 Å². The number of carbonyl (C=O) groups excluding carboxylic acids is 2. The zero-order valence-electron chi connectivity index (χ0n) is 11.8. The smallest absolute Gasteiger partial charge is 0.326 e. The highest BCUT2D eigenvalue weighted by molar-refractivity contribution is 5.92. The van der Waals surface area contributed by atoms with E-state index in [2.05, 4.69) is 5.32 Å². The Balaban J connectivity index is 2.52. The summed E-state index contributed by atoms with van der Waals surface area (Å²) in [5, 5.41) is 11.3. The van der Waals surface area contributed by atoms with Crippen molar-refractivity contribution in [3.63, 3.8) is 0 Å². The van der Waals surface area contributed by atoms with Gasteiger partial charge in [-0.1, -0.05) is 13.8 Å². The van der Waals surface area contributed by atoms with E-state index < -0.39 is 23.8 Å². The maximum absolute atomic E-state index is 11.6. The molecular weight excluding hydrogens is 276 g/mol. The molecule has 0 aliphatic rings. The molecule has 2 amide bonds. The van der Waals surface area contributed by atoms with Gasteiger partial charge in [-0.15, -0.1) is 0 Å². The number of carbonyl (C=O) groups is 3. The minimum Gasteiger partial charge on any atom is -0.484 e. The molecule has 7 nitrogen and oxygen atoms in total. The number of hydrogen-bond donors (Lipinski definition) is 3. The fourth-order valence-corrected chi connectivity index (χ4v) is 1.59. The molecular formula is C14H18N2O5. The minimum absolute atomic E-state index is 0.235. The summed E-state index contributed by atoms with van der Waals surface area (Å²) >= 11 is 0. The van der Waals surface area contributed by atoms with Crippen LogP contribution in [0.2, 0.25) is 0 Å². The molecule has 0 saturated carbocycles. The Morgan fingerprint density at radius 1 is 1.24 bits per heavy atom. The van der Waals surface area contributed by atoms with Crippen LogP contribution in [0.5, 0.6) is 5.75 Å². The fraction of sp³-hybridized carbons (Fsp3) is 0.357. The van der Waals surface area contributed by atoms with Crippen LogP contribution < -0.4 is 15.8 Å². The van der Waals surface area contributed by atoms with E-state index in [-0.39, 0.29) is 12.5 Å². The lowest BCUT2D eigenvalue weighted by molar-refractivity contribution is -0.143. The van der Waals surface area contributed by atoms with Crippen molar-refractivity contribution in [1.29, 1.82) is 0 Å². The van der Waals surface area contributed by atoms with E-state index >= 15 is 0 Å². The first-order chi connectivity index (χ1) is 9.81. The second-order valence-corrected chi connectivity index (χ2v) is 4.80. The summed E-state index contributed by atoms with van der Waals surface area (Å²) in [5.74, 6) is -2.03. The Bertz CT molecular complexity index is 525. The highest BCUT2D eigenvalue weighted by Crippen LogP contribution is 2.11. The van der Waals surface area contributed by atoms with Crippen LogP contribution in [0.1, 0.15) is 24.2 Å². The molecule has 0 unspecified atom stereocenters. The molecule has 0 spiro atoms. The van der Waals surface area contributed by atoms with Crippen LogP contribution in [0.25, 0.3) is 0 Å². The van der Waals surface area contributed by atoms with Crippen molar-refractivity contribution in [2.75, 3.05) is 6.61 Å². The van der Waals surface area contributed by atoms with Crippen LogP contribution in [0.4, 0.5) is 0 Å². The zero-order valence-corrected chi connectivity index (χ0v) is 11.8. The molecule has 0 radical (unpaired) electrons. The Morgan fingerprint density at radius 2 is 1.81 bits per heavy atom. The molecule has 0 heterocycles. The first-order valence-electron chi connectivity index (χ1n) is 6.36. The number of benzene rings is 1. The lowest BCUT2D eigenvalue weighted by atomic mass is 10.1. The van der Waals surface area contributed by atoms with Gasteiger partial charge in [0, 0.05) is 5.56 Å². The Hall–Kier alpha value is -2.57. The van der Waals surface area contributed by atoms with Crippen LogP contribution in [-0.2, 0) is 9.59 Å². The van der Waals surface area contributed by atoms with Gasteiger partial charge in [-0.2, -0.15) is 0 Å². The second kappa shape index (κ2) is 7.28. The first-order valence-corrected chi connectivity index (χ1v) is 6.36. The van der Waals surface area contributed by atoms with Crippen LogP contribution in [0.3, 0.4) is 0 Å². The third kappa shape index (κ3) is 5.13. The maximum Gasteiger partial charge on any atom is 0.326 e. The highest BCUT2D eigenvalue weighted by atomic mass is 16.5. The van der Waals surface area contributed by atoms with Crippen LogP contribution in [0.15, 0.2) is 24.3 Å². The van der Waals surface area contributed by atoms with Crippen molar-refractivity contribution < 1.29 is 24.2 Å². The van der Waals surface area contributed by atoms with Gasteiger partial charge in [-0.05, 0) is 30.2 Å². The Morgan fingerprint density at radius 3 is 2.24 bits per heavy atom. The van der Waals surface area contributed by atoms with E-state index in [1.54, 1.807) is 13.8 Å². The van der Waals surface area contributed by atoms with Gasteiger partial charge in [-0.25, -0.2) is 4.79 Å². The molecule has 1 aromatic carbocycles. The molecule has 0 aliphatic carbocycles. The summed E-state index contributed by atoms with van der Waals surface area (Å²) in [6.45, 7) is 3.08. The van der Waals surface area contributed by atoms with Crippen LogP contribution in [0, 0.1) is 5.92 Å². The van der Waals surface area contributed by atoms with Crippen molar-refractivity contribution in [3.8, 4) is 5.75 Å². The van der Waals surface area contributed by atoms with E-state index in [0.29, 0.717) is 11.3 Å². The van der Waals surface area contributed by atoms with Crippen molar-refractivity contribution in [3.05, 3.63) is 29.8 Å². The predicted octanol–water partition coefficient (Wildman–Crippen LogP) is 0.390. The number of aliphatic carboxylic acids is 1. The van der Waals surface area contributed by atoms with E-state index in [4.69, 9.17) is 15.6 Å². The molecule has 1 rings (SSSR count). The minimum atomic E-state index is -1.09. The van der Waals surface area contributed by atoms with Crippen molar-refractivity contribution in [2.45, 2.75) is 19.9 Å². The molecule has 0 fully saturated rings. The number of ether oxygens (including phenoxy) is 1. The molecule has 0 bridgehead atoms. The molecule has 1 aromatic rings. The maximum atomic E-state index is 11.6. The average molecular weight is 294 g/mol. The number of primary amides is 1. The van der Waals surface area contributed by atoms with Crippen LogP contribution >= 0.6 is 0 Å². The van der Waals surface area contributed by atoms with E-state index in [1.165, 1.54) is 24.3 Å². The molecule has 0 aliphatic heterocycles. The van der Waals surface area contributed by atoms with E-state index in [1.807, 2.05) is 0 Å². The lowest BCUT2D eigenvalue weighted by Gasteiger charge is -2.17. The second-order valence-electron chi connectivity index (χ2n) is 4.80. The van der Waals surface area contributed by atoms with Gasteiger partial charge in [-0.3, -0.25) is 9.59 Å². The van der Waals surface area contributed by atoms with Gasteiger partial charge in [0.25, 0.3) is 5.91 Å². The number of nitrogens with two attached hydrogens (primary N) is 1. The average Bonchev–Trinajstić information content (AvgIpc) is 2.42. The van der Waals surface area contributed by atoms with Gasteiger partial charge >= 0.3 is 5.97 Å². The largest absolute Gasteiger partial charge is 0.484 e. The highest BCUT2D eigenvalue weighted by Gasteiger charge is 2.23. The van der Waals surface area contributed by atoms with E-state index in [0.717, 1.165) is 0 Å². The molecule has 0 saturated heterocycles. The summed E-state index contributed by atoms with van der Waals surface area (Å²) in [5.41, 5.74) is 5.43. The van der Waals surface area contributed by atoms with Gasteiger partial charge < -0.3 is 20.9 Å². The Kier molecular flexibility index (Phi) is 5.71. The van der Waals surface area contributed by atoms with Gasteiger partial charge in [0.05, 0.1) is 0 Å². The molecule has 7 heteroatoms. The number of rotatable bonds is 7. The summed E-state index contributed by atoms with van der Waals surface area (Å²) in [6, 6.07) is 5.00. The van der Waals surface area contributed by atoms with Gasteiger partial charge in [0.2, 0.25) is 5.91 Å². The molecule has 21 heavy (non-hydrogen) atoms. The predicted molar refractivity (Wildman–Crippen MR) is 74.9 cm³/mol. The number of hydrogen-bond acceptors (Lipinski definition) is 4. The lowest BCUT2D eigenvalue weighted by Crippen LogP contribution is -2.46. The standard InChI is InChI=1S/C14H18N2O5/c1-8(2)12(14(19)20)16-11(17)7-21-10-5-3-9(4-6-10)13(15)18/h3-6,8,12H,7H2,1-2H3,(H2,15,18)(H,16,17)(H,19,20)/t12-/m0/s1.